The van der Waals surface area contributed by atoms with Gasteiger partial charge in [0.25, 0.3) is 5.91 Å². The van der Waals surface area contributed by atoms with Gasteiger partial charge in [-0.25, -0.2) is 9.78 Å². The Morgan fingerprint density at radius 2 is 2.18 bits per heavy atom. The number of carbonyl (C=O) groups excluding carboxylic acids is 1. The first-order valence-electron chi connectivity index (χ1n) is 7.65. The number of carbonyl (C=O) groups is 1. The van der Waals surface area contributed by atoms with Crippen LogP contribution in [0.4, 0.5) is 0 Å². The smallest absolute Gasteiger partial charge is 0.347 e. The Balaban J connectivity index is 1.58. The highest BCUT2D eigenvalue weighted by Crippen LogP contribution is 2.28. The number of nitrogens with one attached hydrogen (secondary N) is 1. The van der Waals surface area contributed by atoms with Crippen molar-refractivity contribution in [3.63, 3.8) is 0 Å². The molecule has 22 heavy (non-hydrogen) atoms. The number of rotatable bonds is 4. The number of hydrogen-bond donors (Lipinski definition) is 1. The Labute approximate surface area is 133 Å². The van der Waals surface area contributed by atoms with E-state index in [4.69, 9.17) is 0 Å². The third-order valence-corrected chi connectivity index (χ3v) is 5.13. The van der Waals surface area contributed by atoms with E-state index in [1.165, 1.54) is 40.5 Å². The van der Waals surface area contributed by atoms with Crippen LogP contribution in [-0.2, 0) is 19.4 Å². The quantitative estimate of drug-likeness (QED) is 0.877. The molecular weight excluding hydrogens is 298 g/mol. The summed E-state index contributed by atoms with van der Waals surface area (Å²) in [6.45, 7) is 0.858. The molecule has 1 amide bonds. The van der Waals surface area contributed by atoms with Crippen LogP contribution in [0, 0.1) is 0 Å². The molecule has 5 nitrogen and oxygen atoms in total. The number of aryl methyl sites for hydroxylation is 2. The normalized spacial score (nSPS) is 14.2. The lowest BCUT2D eigenvalue weighted by molar-refractivity contribution is 0.0956. The Hall–Kier alpha value is -1.95. The molecule has 2 heterocycles. The van der Waals surface area contributed by atoms with Gasteiger partial charge in [0, 0.05) is 30.4 Å². The van der Waals surface area contributed by atoms with E-state index in [1.807, 2.05) is 6.07 Å². The summed E-state index contributed by atoms with van der Waals surface area (Å²) in [7, 11) is 0. The van der Waals surface area contributed by atoms with Crippen LogP contribution in [0.2, 0.25) is 0 Å². The van der Waals surface area contributed by atoms with Crippen molar-refractivity contribution in [3.05, 3.63) is 50.3 Å². The standard InChI is InChI=1S/C16H19N3O2S/c20-15(17-8-10-19-9-4-7-18-16(19)21)14-11-12-5-2-1-3-6-13(12)22-14/h4,7,9,11H,1-3,5-6,8,10H2,(H,17,20). The molecule has 0 saturated carbocycles. The highest BCUT2D eigenvalue weighted by Gasteiger charge is 2.16. The molecule has 2 aromatic rings. The maximum atomic E-state index is 12.2. The van der Waals surface area contributed by atoms with Crippen LogP contribution < -0.4 is 11.0 Å². The second-order valence-electron chi connectivity index (χ2n) is 5.47. The molecule has 2 aromatic heterocycles. The van der Waals surface area contributed by atoms with Gasteiger partial charge in [-0.05, 0) is 43.4 Å². The van der Waals surface area contributed by atoms with Crippen LogP contribution in [0.3, 0.4) is 0 Å². The number of thiophene rings is 1. The maximum Gasteiger partial charge on any atom is 0.347 e. The van der Waals surface area contributed by atoms with Crippen LogP contribution in [0.1, 0.15) is 39.4 Å². The number of hydrogen-bond acceptors (Lipinski definition) is 4. The second kappa shape index (κ2) is 6.87. The molecule has 0 radical (unpaired) electrons. The Kier molecular flexibility index (Phi) is 4.68. The van der Waals surface area contributed by atoms with Gasteiger partial charge in [0.15, 0.2) is 0 Å². The minimum atomic E-state index is -0.292. The highest BCUT2D eigenvalue weighted by molar-refractivity contribution is 7.14. The molecule has 0 spiro atoms. The maximum absolute atomic E-state index is 12.2. The fraction of sp³-hybridized carbons (Fsp3) is 0.438. The van der Waals surface area contributed by atoms with Gasteiger partial charge in [-0.15, -0.1) is 11.3 Å². The lowest BCUT2D eigenvalue weighted by Crippen LogP contribution is -2.30. The minimum absolute atomic E-state index is 0.0463. The zero-order valence-corrected chi connectivity index (χ0v) is 13.2. The molecule has 0 bridgehead atoms. The molecule has 1 aliphatic rings. The number of aromatic nitrogens is 2. The molecule has 1 aliphatic carbocycles. The van der Waals surface area contributed by atoms with Gasteiger partial charge >= 0.3 is 5.69 Å². The van der Waals surface area contributed by atoms with Crippen LogP contribution in [0.25, 0.3) is 0 Å². The Bertz CT molecular complexity index is 697. The molecule has 0 unspecified atom stereocenters. The van der Waals surface area contributed by atoms with E-state index >= 15 is 0 Å². The van der Waals surface area contributed by atoms with E-state index in [2.05, 4.69) is 10.3 Å². The van der Waals surface area contributed by atoms with Crippen LogP contribution in [0.5, 0.6) is 0 Å². The molecule has 0 fully saturated rings. The van der Waals surface area contributed by atoms with Crippen molar-refractivity contribution >= 4 is 17.2 Å². The highest BCUT2D eigenvalue weighted by atomic mass is 32.1. The monoisotopic (exact) mass is 317 g/mol. The molecule has 0 atom stereocenters. The van der Waals surface area contributed by atoms with E-state index in [9.17, 15) is 9.59 Å². The fourth-order valence-electron chi connectivity index (χ4n) is 2.71. The van der Waals surface area contributed by atoms with Crippen LogP contribution in [-0.4, -0.2) is 22.0 Å². The summed E-state index contributed by atoms with van der Waals surface area (Å²) in [4.78, 5) is 29.5. The van der Waals surface area contributed by atoms with E-state index in [1.54, 1.807) is 23.6 Å². The van der Waals surface area contributed by atoms with Crippen LogP contribution >= 0.6 is 11.3 Å². The summed E-state index contributed by atoms with van der Waals surface area (Å²) in [5.41, 5.74) is 1.05. The first-order chi connectivity index (χ1) is 10.7. The van der Waals surface area contributed by atoms with Gasteiger partial charge in [-0.3, -0.25) is 9.36 Å². The van der Waals surface area contributed by atoms with Crippen molar-refractivity contribution < 1.29 is 4.79 Å². The number of fused-ring (bicyclic) bond motifs is 1. The van der Waals surface area contributed by atoms with Gasteiger partial charge in [-0.1, -0.05) is 6.42 Å². The molecular formula is C16H19N3O2S. The van der Waals surface area contributed by atoms with Crippen molar-refractivity contribution in [2.75, 3.05) is 6.54 Å². The van der Waals surface area contributed by atoms with Crippen molar-refractivity contribution in [1.29, 1.82) is 0 Å². The third kappa shape index (κ3) is 3.44. The summed E-state index contributed by atoms with van der Waals surface area (Å²) in [6.07, 6.45) is 9.05. The average Bonchev–Trinajstić information content (AvgIpc) is 2.80. The van der Waals surface area contributed by atoms with Crippen molar-refractivity contribution in [3.8, 4) is 0 Å². The van der Waals surface area contributed by atoms with Crippen molar-refractivity contribution in [2.45, 2.75) is 38.6 Å². The largest absolute Gasteiger partial charge is 0.350 e. The van der Waals surface area contributed by atoms with E-state index < -0.39 is 0 Å². The van der Waals surface area contributed by atoms with Crippen molar-refractivity contribution in [2.24, 2.45) is 0 Å². The average molecular weight is 317 g/mol. The fourth-order valence-corrected chi connectivity index (χ4v) is 3.88. The molecule has 6 heteroatoms. The SMILES string of the molecule is O=C(NCCn1cccnc1=O)c1cc2c(s1)CCCCC2. The molecule has 116 valence electrons. The van der Waals surface area contributed by atoms with E-state index in [-0.39, 0.29) is 11.6 Å². The van der Waals surface area contributed by atoms with Gasteiger partial charge < -0.3 is 5.32 Å². The zero-order chi connectivity index (χ0) is 15.4. The summed E-state index contributed by atoms with van der Waals surface area (Å²) in [5.74, 6) is -0.0463. The molecule has 3 rings (SSSR count). The molecule has 0 saturated heterocycles. The number of amides is 1. The van der Waals surface area contributed by atoms with Gasteiger partial charge in [-0.2, -0.15) is 0 Å². The second-order valence-corrected chi connectivity index (χ2v) is 6.61. The molecule has 0 aromatic carbocycles. The predicted molar refractivity (Wildman–Crippen MR) is 86.4 cm³/mol. The number of nitrogens with zero attached hydrogens (tertiary/aromatic N) is 2. The first-order valence-corrected chi connectivity index (χ1v) is 8.47. The summed E-state index contributed by atoms with van der Waals surface area (Å²) in [6, 6.07) is 3.75. The van der Waals surface area contributed by atoms with E-state index in [0.717, 1.165) is 17.7 Å². The van der Waals surface area contributed by atoms with Gasteiger partial charge in [0.05, 0.1) is 4.88 Å². The van der Waals surface area contributed by atoms with Crippen molar-refractivity contribution in [1.82, 2.24) is 14.9 Å². The Morgan fingerprint density at radius 1 is 1.32 bits per heavy atom. The minimum Gasteiger partial charge on any atom is -0.350 e. The summed E-state index contributed by atoms with van der Waals surface area (Å²) < 4.78 is 1.49. The topological polar surface area (TPSA) is 64.0 Å². The van der Waals surface area contributed by atoms with Crippen LogP contribution in [0.15, 0.2) is 29.3 Å². The predicted octanol–water partition coefficient (Wildman–Crippen LogP) is 2.00. The molecule has 0 aliphatic heterocycles. The molecule has 1 N–H and O–H groups in total. The Morgan fingerprint density at radius 3 is 3.05 bits per heavy atom. The summed E-state index contributed by atoms with van der Waals surface area (Å²) >= 11 is 1.61. The lowest BCUT2D eigenvalue weighted by Gasteiger charge is -2.05. The van der Waals surface area contributed by atoms with Gasteiger partial charge in [0.2, 0.25) is 0 Å². The van der Waals surface area contributed by atoms with E-state index in [0.29, 0.717) is 13.1 Å². The zero-order valence-electron chi connectivity index (χ0n) is 12.4. The summed E-state index contributed by atoms with van der Waals surface area (Å²) in [5, 5.41) is 2.88. The van der Waals surface area contributed by atoms with Gasteiger partial charge in [0.1, 0.15) is 0 Å². The lowest BCUT2D eigenvalue weighted by atomic mass is 10.1. The first kappa shape index (κ1) is 15.0. The third-order valence-electron chi connectivity index (χ3n) is 3.89.